The maximum absolute atomic E-state index is 15.6. The SMILES string of the molecule is Cc1ccc(Oc2nc3c(F)c(-c4ccc(-c5ccc(-c6ncnn6CCN)cc5)cc4)c(F)cc3[nH]2)cc1C(=O)O. The average molecular weight is 567 g/mol. The number of carbonyl (C=O) groups is 1. The van der Waals surface area contributed by atoms with Crippen LogP contribution in [0.1, 0.15) is 15.9 Å². The van der Waals surface area contributed by atoms with Gasteiger partial charge in [-0.05, 0) is 41.3 Å². The van der Waals surface area contributed by atoms with Crippen LogP contribution < -0.4 is 10.5 Å². The van der Waals surface area contributed by atoms with Gasteiger partial charge < -0.3 is 20.6 Å². The lowest BCUT2D eigenvalue weighted by Crippen LogP contribution is -2.12. The third-order valence-electron chi connectivity index (χ3n) is 6.91. The first-order valence-corrected chi connectivity index (χ1v) is 13.0. The minimum atomic E-state index is -1.10. The number of ether oxygens (including phenoxy) is 1. The number of benzene rings is 4. The predicted molar refractivity (Wildman–Crippen MR) is 153 cm³/mol. The van der Waals surface area contributed by atoms with Crippen molar-refractivity contribution in [1.29, 1.82) is 0 Å². The molecule has 2 heterocycles. The molecule has 0 saturated carbocycles. The Hall–Kier alpha value is -5.42. The minimum absolute atomic E-state index is 0.0643. The summed E-state index contributed by atoms with van der Waals surface area (Å²) in [6.45, 7) is 2.67. The van der Waals surface area contributed by atoms with E-state index in [0.29, 0.717) is 24.2 Å². The number of halogens is 2. The maximum atomic E-state index is 15.6. The van der Waals surface area contributed by atoms with Gasteiger partial charge in [-0.1, -0.05) is 54.6 Å². The van der Waals surface area contributed by atoms with Gasteiger partial charge in [0.1, 0.15) is 23.4 Å². The third kappa shape index (κ3) is 4.97. The van der Waals surface area contributed by atoms with E-state index in [4.69, 9.17) is 10.5 Å². The minimum Gasteiger partial charge on any atom is -0.478 e. The summed E-state index contributed by atoms with van der Waals surface area (Å²) < 4.78 is 38.1. The number of hydrogen-bond donors (Lipinski definition) is 3. The summed E-state index contributed by atoms with van der Waals surface area (Å²) in [6.07, 6.45) is 1.49. The van der Waals surface area contributed by atoms with Crippen LogP contribution in [0, 0.1) is 18.6 Å². The highest BCUT2D eigenvalue weighted by Crippen LogP contribution is 2.34. The average Bonchev–Trinajstić information content (AvgIpc) is 3.61. The monoisotopic (exact) mass is 566 g/mol. The van der Waals surface area contributed by atoms with Crippen molar-refractivity contribution in [3.05, 3.63) is 102 Å². The van der Waals surface area contributed by atoms with Crippen molar-refractivity contribution < 1.29 is 23.4 Å². The van der Waals surface area contributed by atoms with Crippen molar-refractivity contribution >= 4 is 17.0 Å². The van der Waals surface area contributed by atoms with Crippen LogP contribution in [0.4, 0.5) is 8.78 Å². The van der Waals surface area contributed by atoms with Gasteiger partial charge in [-0.25, -0.2) is 23.2 Å². The fourth-order valence-corrected chi connectivity index (χ4v) is 4.79. The highest BCUT2D eigenvalue weighted by Gasteiger charge is 2.20. The Morgan fingerprint density at radius 2 is 1.64 bits per heavy atom. The molecular formula is C31H24F2N6O3. The first-order valence-electron chi connectivity index (χ1n) is 13.0. The van der Waals surface area contributed by atoms with E-state index in [1.54, 1.807) is 48.0 Å². The number of carboxylic acids is 1. The Morgan fingerprint density at radius 1 is 0.976 bits per heavy atom. The van der Waals surface area contributed by atoms with Crippen molar-refractivity contribution in [2.45, 2.75) is 13.5 Å². The number of carboxylic acid groups (broad SMARTS) is 1. The molecule has 2 aromatic heterocycles. The number of aryl methyl sites for hydroxylation is 1. The third-order valence-corrected chi connectivity index (χ3v) is 6.91. The molecule has 0 atom stereocenters. The molecule has 0 amide bonds. The van der Waals surface area contributed by atoms with E-state index in [1.165, 1.54) is 12.4 Å². The molecule has 42 heavy (non-hydrogen) atoms. The molecule has 0 aliphatic carbocycles. The van der Waals surface area contributed by atoms with Crippen molar-refractivity contribution in [2.24, 2.45) is 5.73 Å². The number of aromatic nitrogens is 5. The molecule has 4 aromatic carbocycles. The maximum Gasteiger partial charge on any atom is 0.336 e. The zero-order valence-corrected chi connectivity index (χ0v) is 22.3. The van der Waals surface area contributed by atoms with Crippen molar-refractivity contribution in [1.82, 2.24) is 24.7 Å². The fraction of sp³-hybridized carbons (Fsp3) is 0.0968. The highest BCUT2D eigenvalue weighted by atomic mass is 19.1. The zero-order valence-electron chi connectivity index (χ0n) is 22.3. The number of fused-ring (bicyclic) bond motifs is 1. The number of hydrogen-bond acceptors (Lipinski definition) is 6. The molecule has 0 aliphatic heterocycles. The molecule has 0 fully saturated rings. The van der Waals surface area contributed by atoms with Gasteiger partial charge in [0.15, 0.2) is 11.6 Å². The molecule has 9 nitrogen and oxygen atoms in total. The summed E-state index contributed by atoms with van der Waals surface area (Å²) in [4.78, 5) is 22.7. The molecule has 0 unspecified atom stereocenters. The molecule has 0 bridgehead atoms. The first-order chi connectivity index (χ1) is 20.3. The number of H-pyrrole nitrogens is 1. The van der Waals surface area contributed by atoms with Gasteiger partial charge in [-0.2, -0.15) is 10.1 Å². The molecule has 0 radical (unpaired) electrons. The Labute approximate surface area is 238 Å². The smallest absolute Gasteiger partial charge is 0.336 e. The number of rotatable bonds is 8. The molecule has 4 N–H and O–H groups in total. The standard InChI is InChI=1S/C31H24F2N6O3/c1-17-2-11-22(14-23(17)30(40)41)42-31-37-25-15-24(32)26(27(33)28(25)38-31)20-7-3-18(4-8-20)19-5-9-21(10-6-19)29-35-16-36-39(29)13-12-34/h2-11,14-16H,12-13,34H2,1H3,(H,37,38)(H,40,41). The molecule has 0 saturated heterocycles. The van der Waals surface area contributed by atoms with Gasteiger partial charge >= 0.3 is 5.97 Å². The molecular weight excluding hydrogens is 542 g/mol. The molecule has 6 aromatic rings. The summed E-state index contributed by atoms with van der Waals surface area (Å²) in [5, 5.41) is 13.5. The number of nitrogens with zero attached hydrogens (tertiary/aromatic N) is 4. The van der Waals surface area contributed by atoms with Gasteiger partial charge in [0.05, 0.1) is 23.2 Å². The quantitative estimate of drug-likeness (QED) is 0.200. The number of aromatic amines is 1. The number of nitrogens with two attached hydrogens (primary N) is 1. The Bertz CT molecular complexity index is 1930. The highest BCUT2D eigenvalue weighted by molar-refractivity contribution is 5.90. The summed E-state index contributed by atoms with van der Waals surface area (Å²) >= 11 is 0. The lowest BCUT2D eigenvalue weighted by atomic mass is 9.98. The van der Waals surface area contributed by atoms with E-state index >= 15 is 8.78 Å². The van der Waals surface area contributed by atoms with E-state index in [1.807, 2.05) is 24.3 Å². The van der Waals surface area contributed by atoms with E-state index in [0.717, 1.165) is 28.6 Å². The molecule has 0 aliphatic rings. The lowest BCUT2D eigenvalue weighted by Gasteiger charge is -2.09. The van der Waals surface area contributed by atoms with Crippen molar-refractivity contribution in [3.63, 3.8) is 0 Å². The van der Waals surface area contributed by atoms with Crippen LogP contribution >= 0.6 is 0 Å². The van der Waals surface area contributed by atoms with Crippen LogP contribution in [0.15, 0.2) is 79.1 Å². The lowest BCUT2D eigenvalue weighted by molar-refractivity contribution is 0.0695. The molecule has 0 spiro atoms. The Morgan fingerprint density at radius 3 is 2.31 bits per heavy atom. The second kappa shape index (κ2) is 10.9. The van der Waals surface area contributed by atoms with Crippen molar-refractivity contribution in [3.8, 4) is 45.4 Å². The Kier molecular flexibility index (Phi) is 6.93. The van der Waals surface area contributed by atoms with E-state index < -0.39 is 17.6 Å². The van der Waals surface area contributed by atoms with Gasteiger partial charge in [-0.15, -0.1) is 0 Å². The van der Waals surface area contributed by atoms with E-state index in [9.17, 15) is 9.90 Å². The summed E-state index contributed by atoms with van der Waals surface area (Å²) in [7, 11) is 0. The summed E-state index contributed by atoms with van der Waals surface area (Å²) in [5.74, 6) is -1.80. The number of imidazole rings is 1. The molecule has 210 valence electrons. The van der Waals surface area contributed by atoms with Gasteiger partial charge in [-0.3, -0.25) is 0 Å². The largest absolute Gasteiger partial charge is 0.478 e. The van der Waals surface area contributed by atoms with Crippen LogP contribution in [0.2, 0.25) is 0 Å². The zero-order chi connectivity index (χ0) is 29.4. The summed E-state index contributed by atoms with van der Waals surface area (Å²) in [6, 6.07) is 20.2. The van der Waals surface area contributed by atoms with Crippen LogP contribution in [-0.4, -0.2) is 42.4 Å². The number of nitrogens with one attached hydrogen (secondary N) is 1. The fourth-order valence-electron chi connectivity index (χ4n) is 4.79. The summed E-state index contributed by atoms with van der Waals surface area (Å²) in [5.41, 5.74) is 9.08. The normalized spacial score (nSPS) is 11.2. The van der Waals surface area contributed by atoms with Crippen molar-refractivity contribution in [2.75, 3.05) is 6.54 Å². The topological polar surface area (TPSA) is 132 Å². The van der Waals surface area contributed by atoms with Crippen LogP contribution in [0.25, 0.3) is 44.7 Å². The molecule has 11 heteroatoms. The second-order valence-electron chi connectivity index (χ2n) is 9.62. The first kappa shape index (κ1) is 26.8. The van der Waals surface area contributed by atoms with Crippen LogP contribution in [-0.2, 0) is 6.54 Å². The van der Waals surface area contributed by atoms with Gasteiger partial charge in [0, 0.05) is 18.2 Å². The van der Waals surface area contributed by atoms with E-state index in [-0.39, 0.29) is 33.9 Å². The second-order valence-corrected chi connectivity index (χ2v) is 9.62. The van der Waals surface area contributed by atoms with E-state index in [2.05, 4.69) is 20.1 Å². The van der Waals surface area contributed by atoms with Crippen LogP contribution in [0.3, 0.4) is 0 Å². The number of aromatic carboxylic acids is 1. The van der Waals surface area contributed by atoms with Crippen LogP contribution in [0.5, 0.6) is 11.8 Å². The Balaban J connectivity index is 1.26. The predicted octanol–water partition coefficient (Wildman–Crippen LogP) is 6.19. The van der Waals surface area contributed by atoms with Gasteiger partial charge in [0.25, 0.3) is 6.01 Å². The van der Waals surface area contributed by atoms with Gasteiger partial charge in [0.2, 0.25) is 0 Å². The molecule has 6 rings (SSSR count).